The maximum absolute atomic E-state index is 12.9. The molecule has 2 amide bonds. The van der Waals surface area contributed by atoms with E-state index in [1.807, 2.05) is 11.8 Å². The van der Waals surface area contributed by atoms with E-state index in [0.717, 1.165) is 25.7 Å². The fraction of sp³-hybridized carbons (Fsp3) is 0.867. The zero-order chi connectivity index (χ0) is 13.5. The first kappa shape index (κ1) is 12.9. The third-order valence-corrected chi connectivity index (χ3v) is 5.09. The number of amides is 2. The van der Waals surface area contributed by atoms with E-state index in [2.05, 4.69) is 5.32 Å². The zero-order valence-electron chi connectivity index (χ0n) is 11.8. The van der Waals surface area contributed by atoms with E-state index in [-0.39, 0.29) is 11.8 Å². The van der Waals surface area contributed by atoms with Crippen molar-refractivity contribution in [2.45, 2.75) is 69.9 Å². The molecule has 0 spiro atoms. The zero-order valence-corrected chi connectivity index (χ0v) is 11.8. The van der Waals surface area contributed by atoms with Crippen molar-refractivity contribution in [1.82, 2.24) is 10.2 Å². The molecule has 0 aromatic heterocycles. The smallest absolute Gasteiger partial charge is 0.248 e. The highest BCUT2D eigenvalue weighted by Crippen LogP contribution is 2.42. The molecule has 2 saturated carbocycles. The molecule has 3 rings (SSSR count). The lowest BCUT2D eigenvalue weighted by Gasteiger charge is -2.38. The quantitative estimate of drug-likeness (QED) is 0.827. The third-order valence-electron chi connectivity index (χ3n) is 5.09. The minimum Gasteiger partial charge on any atom is -0.342 e. The number of carbonyl (C=O) groups is 2. The largest absolute Gasteiger partial charge is 0.342 e. The lowest BCUT2D eigenvalue weighted by atomic mass is 9.90. The number of rotatable bonds is 2. The Morgan fingerprint density at radius 1 is 1.11 bits per heavy atom. The molecular weight excluding hydrogens is 240 g/mol. The van der Waals surface area contributed by atoms with Crippen LogP contribution < -0.4 is 5.32 Å². The molecule has 0 aromatic rings. The summed E-state index contributed by atoms with van der Waals surface area (Å²) in [6.07, 6.45) is 8.55. The van der Waals surface area contributed by atoms with Crippen LogP contribution in [-0.2, 0) is 9.59 Å². The monoisotopic (exact) mass is 264 g/mol. The van der Waals surface area contributed by atoms with Crippen LogP contribution in [0.2, 0.25) is 0 Å². The van der Waals surface area contributed by atoms with Crippen LogP contribution in [0.1, 0.15) is 58.3 Å². The van der Waals surface area contributed by atoms with Gasteiger partial charge in [-0.2, -0.15) is 0 Å². The van der Waals surface area contributed by atoms with Crippen molar-refractivity contribution < 1.29 is 9.59 Å². The molecule has 2 aliphatic carbocycles. The van der Waals surface area contributed by atoms with E-state index in [0.29, 0.717) is 24.9 Å². The molecule has 3 aliphatic rings. The molecular formula is C15H24N2O2. The fourth-order valence-electron chi connectivity index (χ4n) is 3.71. The van der Waals surface area contributed by atoms with Gasteiger partial charge in [0.05, 0.1) is 0 Å². The molecule has 0 bridgehead atoms. The van der Waals surface area contributed by atoms with Gasteiger partial charge in [0, 0.05) is 19.0 Å². The van der Waals surface area contributed by atoms with Crippen molar-refractivity contribution in [3.05, 3.63) is 0 Å². The van der Waals surface area contributed by atoms with Gasteiger partial charge in [-0.3, -0.25) is 9.59 Å². The number of hydrogen-bond donors (Lipinski definition) is 1. The number of carbonyl (C=O) groups excluding carboxylic acids is 2. The highest BCUT2D eigenvalue weighted by atomic mass is 16.2. The third kappa shape index (κ3) is 2.37. The number of nitrogens with zero attached hydrogens (tertiary/aromatic N) is 1. The Labute approximate surface area is 114 Å². The maximum Gasteiger partial charge on any atom is 0.248 e. The molecule has 1 unspecified atom stereocenters. The standard InChI is InChI=1S/C15H24N2O2/c1-15(11-7-8-11)14(19)17(10-9-13(18)16-15)12-5-3-2-4-6-12/h11-12H,2-10H2,1H3,(H,16,18). The van der Waals surface area contributed by atoms with Gasteiger partial charge in [0.15, 0.2) is 0 Å². The van der Waals surface area contributed by atoms with Crippen molar-refractivity contribution >= 4 is 11.8 Å². The molecule has 19 heavy (non-hydrogen) atoms. The SMILES string of the molecule is CC1(C2CC2)NC(=O)CCN(C2CCCCC2)C1=O. The second-order valence-electron chi connectivity index (χ2n) is 6.57. The van der Waals surface area contributed by atoms with Gasteiger partial charge in [-0.15, -0.1) is 0 Å². The Morgan fingerprint density at radius 2 is 1.79 bits per heavy atom. The highest BCUT2D eigenvalue weighted by molar-refractivity contribution is 5.94. The van der Waals surface area contributed by atoms with Crippen LogP contribution in [-0.4, -0.2) is 34.8 Å². The van der Waals surface area contributed by atoms with E-state index >= 15 is 0 Å². The van der Waals surface area contributed by atoms with Crippen molar-refractivity contribution in [3.8, 4) is 0 Å². The summed E-state index contributed by atoms with van der Waals surface area (Å²) in [4.78, 5) is 26.8. The topological polar surface area (TPSA) is 49.4 Å². The summed E-state index contributed by atoms with van der Waals surface area (Å²) in [6.45, 7) is 2.55. The summed E-state index contributed by atoms with van der Waals surface area (Å²) in [7, 11) is 0. The molecule has 1 atom stereocenters. The van der Waals surface area contributed by atoms with Crippen molar-refractivity contribution in [1.29, 1.82) is 0 Å². The van der Waals surface area contributed by atoms with Gasteiger partial charge < -0.3 is 10.2 Å². The molecule has 3 fully saturated rings. The van der Waals surface area contributed by atoms with Gasteiger partial charge in [0.2, 0.25) is 11.8 Å². The summed E-state index contributed by atoms with van der Waals surface area (Å²) in [5.74, 6) is 0.571. The van der Waals surface area contributed by atoms with Gasteiger partial charge >= 0.3 is 0 Å². The van der Waals surface area contributed by atoms with Gasteiger partial charge in [-0.1, -0.05) is 19.3 Å². The van der Waals surface area contributed by atoms with Crippen LogP contribution >= 0.6 is 0 Å². The summed E-state index contributed by atoms with van der Waals surface area (Å²) < 4.78 is 0. The van der Waals surface area contributed by atoms with E-state index in [9.17, 15) is 9.59 Å². The minimum absolute atomic E-state index is 0.0426. The summed E-state index contributed by atoms with van der Waals surface area (Å²) >= 11 is 0. The second-order valence-corrected chi connectivity index (χ2v) is 6.57. The second kappa shape index (κ2) is 4.80. The van der Waals surface area contributed by atoms with E-state index in [1.165, 1.54) is 19.3 Å². The molecule has 4 heteroatoms. The van der Waals surface area contributed by atoms with E-state index < -0.39 is 5.54 Å². The van der Waals surface area contributed by atoms with Crippen LogP contribution in [0.4, 0.5) is 0 Å². The predicted octanol–water partition coefficient (Wildman–Crippen LogP) is 1.84. The molecule has 1 aliphatic heterocycles. The van der Waals surface area contributed by atoms with Crippen molar-refractivity contribution in [2.75, 3.05) is 6.54 Å². The molecule has 0 aromatic carbocycles. The van der Waals surface area contributed by atoms with Crippen LogP contribution in [0.25, 0.3) is 0 Å². The Morgan fingerprint density at radius 3 is 2.42 bits per heavy atom. The first-order chi connectivity index (χ1) is 9.11. The summed E-state index contributed by atoms with van der Waals surface area (Å²) in [5, 5.41) is 3.01. The minimum atomic E-state index is -0.634. The Kier molecular flexibility index (Phi) is 3.27. The average Bonchev–Trinajstić information content (AvgIpc) is 3.23. The molecule has 1 N–H and O–H groups in total. The highest BCUT2D eigenvalue weighted by Gasteiger charge is 2.51. The lowest BCUT2D eigenvalue weighted by molar-refractivity contribution is -0.141. The van der Waals surface area contributed by atoms with Gasteiger partial charge in [-0.05, 0) is 38.5 Å². The van der Waals surface area contributed by atoms with Gasteiger partial charge in [0.1, 0.15) is 5.54 Å². The van der Waals surface area contributed by atoms with Gasteiger partial charge in [0.25, 0.3) is 0 Å². The van der Waals surface area contributed by atoms with E-state index in [1.54, 1.807) is 0 Å². The lowest BCUT2D eigenvalue weighted by Crippen LogP contribution is -2.58. The Bertz CT molecular complexity index is 386. The Balaban J connectivity index is 1.82. The van der Waals surface area contributed by atoms with Gasteiger partial charge in [-0.25, -0.2) is 0 Å². The number of hydrogen-bond acceptors (Lipinski definition) is 2. The fourth-order valence-corrected chi connectivity index (χ4v) is 3.71. The maximum atomic E-state index is 12.9. The summed E-state index contributed by atoms with van der Waals surface area (Å²) in [6, 6.07) is 0.368. The van der Waals surface area contributed by atoms with Crippen LogP contribution in [0, 0.1) is 5.92 Å². The predicted molar refractivity (Wildman–Crippen MR) is 72.5 cm³/mol. The first-order valence-electron chi connectivity index (χ1n) is 7.73. The molecule has 1 saturated heterocycles. The average molecular weight is 264 g/mol. The van der Waals surface area contributed by atoms with Crippen LogP contribution in [0.3, 0.4) is 0 Å². The first-order valence-corrected chi connectivity index (χ1v) is 7.73. The molecule has 1 heterocycles. The molecule has 0 radical (unpaired) electrons. The van der Waals surface area contributed by atoms with Crippen LogP contribution in [0.5, 0.6) is 0 Å². The molecule has 4 nitrogen and oxygen atoms in total. The normalized spacial score (nSPS) is 34.1. The Hall–Kier alpha value is -1.06. The number of nitrogens with one attached hydrogen (secondary N) is 1. The van der Waals surface area contributed by atoms with E-state index in [4.69, 9.17) is 0 Å². The van der Waals surface area contributed by atoms with Crippen molar-refractivity contribution in [2.24, 2.45) is 5.92 Å². The van der Waals surface area contributed by atoms with Crippen molar-refractivity contribution in [3.63, 3.8) is 0 Å². The molecule has 106 valence electrons. The summed E-state index contributed by atoms with van der Waals surface area (Å²) in [5.41, 5.74) is -0.634. The van der Waals surface area contributed by atoms with Crippen LogP contribution in [0.15, 0.2) is 0 Å².